The van der Waals surface area contributed by atoms with E-state index in [9.17, 15) is 4.79 Å². The molecule has 1 aliphatic rings. The molecule has 1 amide bonds. The Morgan fingerprint density at radius 3 is 2.50 bits per heavy atom. The predicted molar refractivity (Wildman–Crippen MR) is 76.6 cm³/mol. The fourth-order valence-electron chi connectivity index (χ4n) is 2.27. The van der Waals surface area contributed by atoms with E-state index in [1.54, 1.807) is 17.3 Å². The molecule has 2 heterocycles. The van der Waals surface area contributed by atoms with E-state index in [0.29, 0.717) is 13.1 Å². The highest BCUT2D eigenvalue weighted by molar-refractivity contribution is 5.68. The normalized spacial score (nSPS) is 19.9. The highest BCUT2D eigenvalue weighted by Crippen LogP contribution is 2.20. The fourth-order valence-corrected chi connectivity index (χ4v) is 2.27. The summed E-state index contributed by atoms with van der Waals surface area (Å²) >= 11 is 0. The van der Waals surface area contributed by atoms with Crippen LogP contribution in [0.3, 0.4) is 0 Å². The Morgan fingerprint density at radius 2 is 1.95 bits per heavy atom. The van der Waals surface area contributed by atoms with Crippen LogP contribution in [0.25, 0.3) is 0 Å². The summed E-state index contributed by atoms with van der Waals surface area (Å²) < 4.78 is 5.41. The number of amides is 1. The third-order valence-electron chi connectivity index (χ3n) is 3.16. The van der Waals surface area contributed by atoms with Crippen LogP contribution in [0.15, 0.2) is 18.7 Å². The number of nitrogens with zero attached hydrogens (tertiary/aromatic N) is 4. The topological polar surface area (TPSA) is 58.6 Å². The Labute approximate surface area is 119 Å². The summed E-state index contributed by atoms with van der Waals surface area (Å²) in [5.41, 5.74) is 0.536. The summed E-state index contributed by atoms with van der Waals surface area (Å²) in [6.07, 6.45) is 4.87. The average Bonchev–Trinajstić information content (AvgIpc) is 2.37. The molecule has 1 aromatic rings. The van der Waals surface area contributed by atoms with E-state index in [1.807, 2.05) is 20.8 Å². The van der Waals surface area contributed by atoms with E-state index in [1.165, 1.54) is 6.33 Å². The average molecular weight is 278 g/mol. The lowest BCUT2D eigenvalue weighted by molar-refractivity contribution is 0.0219. The van der Waals surface area contributed by atoms with Crippen molar-refractivity contribution in [1.29, 1.82) is 0 Å². The number of hydrogen-bond acceptors (Lipinski definition) is 5. The van der Waals surface area contributed by atoms with Crippen LogP contribution in [0.4, 0.5) is 10.5 Å². The highest BCUT2D eigenvalue weighted by Gasteiger charge is 2.29. The lowest BCUT2D eigenvalue weighted by Crippen LogP contribution is -2.54. The van der Waals surface area contributed by atoms with Crippen LogP contribution in [-0.2, 0) is 4.74 Å². The maximum Gasteiger partial charge on any atom is 0.410 e. The lowest BCUT2D eigenvalue weighted by Gasteiger charge is -2.41. The minimum atomic E-state index is -0.454. The summed E-state index contributed by atoms with van der Waals surface area (Å²) in [5.74, 6) is 0. The molecule has 6 nitrogen and oxygen atoms in total. The number of anilines is 1. The van der Waals surface area contributed by atoms with Crippen molar-refractivity contribution in [3.05, 3.63) is 18.7 Å². The second-order valence-corrected chi connectivity index (χ2v) is 6.07. The molecule has 0 spiro atoms. The molecule has 1 saturated heterocycles. The largest absolute Gasteiger partial charge is 0.444 e. The van der Waals surface area contributed by atoms with Crippen LogP contribution in [0.2, 0.25) is 0 Å². The molecule has 1 atom stereocenters. The smallest absolute Gasteiger partial charge is 0.410 e. The van der Waals surface area contributed by atoms with Gasteiger partial charge in [-0.05, 0) is 27.7 Å². The second-order valence-electron chi connectivity index (χ2n) is 6.07. The van der Waals surface area contributed by atoms with E-state index in [-0.39, 0.29) is 12.1 Å². The first-order valence-corrected chi connectivity index (χ1v) is 6.86. The number of aromatic nitrogens is 2. The second kappa shape index (κ2) is 5.64. The van der Waals surface area contributed by atoms with Crippen molar-refractivity contribution < 1.29 is 9.53 Å². The molecule has 20 heavy (non-hydrogen) atoms. The highest BCUT2D eigenvalue weighted by atomic mass is 16.6. The van der Waals surface area contributed by atoms with Gasteiger partial charge in [-0.25, -0.2) is 14.8 Å². The molecule has 0 N–H and O–H groups in total. The maximum absolute atomic E-state index is 12.1. The summed E-state index contributed by atoms with van der Waals surface area (Å²) in [7, 11) is 0. The summed E-state index contributed by atoms with van der Waals surface area (Å²) in [4.78, 5) is 24.1. The summed E-state index contributed by atoms with van der Waals surface area (Å²) in [6.45, 7) is 9.78. The van der Waals surface area contributed by atoms with Gasteiger partial charge in [0.05, 0.1) is 18.1 Å². The molecule has 1 unspecified atom stereocenters. The van der Waals surface area contributed by atoms with Gasteiger partial charge < -0.3 is 14.5 Å². The number of rotatable bonds is 1. The van der Waals surface area contributed by atoms with Gasteiger partial charge in [0, 0.05) is 25.7 Å². The Hall–Kier alpha value is -1.85. The number of ether oxygens (including phenoxy) is 1. The van der Waals surface area contributed by atoms with Gasteiger partial charge in [-0.15, -0.1) is 0 Å². The van der Waals surface area contributed by atoms with Gasteiger partial charge in [-0.3, -0.25) is 0 Å². The predicted octanol–water partition coefficient (Wildman–Crippen LogP) is 1.92. The Kier molecular flexibility index (Phi) is 4.11. The third-order valence-corrected chi connectivity index (χ3v) is 3.16. The van der Waals surface area contributed by atoms with Crippen molar-refractivity contribution in [1.82, 2.24) is 14.9 Å². The van der Waals surface area contributed by atoms with Crippen LogP contribution in [0, 0.1) is 0 Å². The van der Waals surface area contributed by atoms with Crippen molar-refractivity contribution in [2.24, 2.45) is 0 Å². The van der Waals surface area contributed by atoms with Gasteiger partial charge in [0.15, 0.2) is 0 Å². The third kappa shape index (κ3) is 3.59. The molecular weight excluding hydrogens is 256 g/mol. The van der Waals surface area contributed by atoms with Gasteiger partial charge in [0.25, 0.3) is 0 Å². The quantitative estimate of drug-likeness (QED) is 0.785. The number of carbonyl (C=O) groups excluding carboxylic acids is 1. The number of hydrogen-bond donors (Lipinski definition) is 0. The van der Waals surface area contributed by atoms with E-state index in [0.717, 1.165) is 12.2 Å². The minimum Gasteiger partial charge on any atom is -0.444 e. The Morgan fingerprint density at radius 1 is 1.30 bits per heavy atom. The molecule has 0 saturated carbocycles. The van der Waals surface area contributed by atoms with Crippen LogP contribution in [-0.4, -0.2) is 52.2 Å². The van der Waals surface area contributed by atoms with E-state index in [2.05, 4.69) is 21.8 Å². The SMILES string of the molecule is CC1CN(C(=O)OC(C)(C)C)CCN1c1cncnc1. The molecule has 1 aliphatic heterocycles. The zero-order valence-electron chi connectivity index (χ0n) is 12.5. The first-order chi connectivity index (χ1) is 9.37. The van der Waals surface area contributed by atoms with E-state index in [4.69, 9.17) is 4.74 Å². The number of carbonyl (C=O) groups is 1. The van der Waals surface area contributed by atoms with Gasteiger partial charge in [-0.2, -0.15) is 0 Å². The van der Waals surface area contributed by atoms with Gasteiger partial charge in [0.1, 0.15) is 11.9 Å². The fraction of sp³-hybridized carbons (Fsp3) is 0.643. The first kappa shape index (κ1) is 14.6. The van der Waals surface area contributed by atoms with Crippen molar-refractivity contribution in [3.63, 3.8) is 0 Å². The molecule has 2 rings (SSSR count). The molecule has 0 aromatic carbocycles. The molecule has 0 bridgehead atoms. The molecular formula is C14H22N4O2. The Balaban J connectivity index is 1.97. The molecule has 0 radical (unpaired) electrons. The van der Waals surface area contributed by atoms with E-state index < -0.39 is 5.60 Å². The van der Waals surface area contributed by atoms with E-state index >= 15 is 0 Å². The van der Waals surface area contributed by atoms with Crippen molar-refractivity contribution >= 4 is 11.8 Å². The molecule has 1 fully saturated rings. The minimum absolute atomic E-state index is 0.210. The van der Waals surface area contributed by atoms with Crippen molar-refractivity contribution in [3.8, 4) is 0 Å². The van der Waals surface area contributed by atoms with Crippen LogP contribution in [0.5, 0.6) is 0 Å². The van der Waals surface area contributed by atoms with Gasteiger partial charge in [-0.1, -0.05) is 0 Å². The molecule has 1 aromatic heterocycles. The summed E-state index contributed by atoms with van der Waals surface area (Å²) in [6, 6.07) is 0.210. The maximum atomic E-state index is 12.1. The zero-order chi connectivity index (χ0) is 14.8. The first-order valence-electron chi connectivity index (χ1n) is 6.86. The van der Waals surface area contributed by atoms with Crippen LogP contribution >= 0.6 is 0 Å². The van der Waals surface area contributed by atoms with Crippen molar-refractivity contribution in [2.45, 2.75) is 39.3 Å². The van der Waals surface area contributed by atoms with Gasteiger partial charge in [0.2, 0.25) is 0 Å². The molecule has 110 valence electrons. The summed E-state index contributed by atoms with van der Waals surface area (Å²) in [5, 5.41) is 0. The van der Waals surface area contributed by atoms with Crippen LogP contribution < -0.4 is 4.90 Å². The standard InChI is InChI=1S/C14H22N4O2/c1-11-9-17(13(19)20-14(2,3)4)5-6-18(11)12-7-15-10-16-8-12/h7-8,10-11H,5-6,9H2,1-4H3. The monoisotopic (exact) mass is 278 g/mol. The molecule has 0 aliphatic carbocycles. The van der Waals surface area contributed by atoms with Crippen LogP contribution in [0.1, 0.15) is 27.7 Å². The molecule has 6 heteroatoms. The number of piperazine rings is 1. The zero-order valence-corrected chi connectivity index (χ0v) is 12.5. The van der Waals surface area contributed by atoms with Crippen molar-refractivity contribution in [2.75, 3.05) is 24.5 Å². The lowest BCUT2D eigenvalue weighted by atomic mass is 10.2. The Bertz CT molecular complexity index is 458. The van der Waals surface area contributed by atoms with Gasteiger partial charge >= 0.3 is 6.09 Å².